The smallest absolute Gasteiger partial charge is 0.274 e. The van der Waals surface area contributed by atoms with E-state index in [1.807, 2.05) is 30.3 Å². The summed E-state index contributed by atoms with van der Waals surface area (Å²) in [7, 11) is 0. The standard InChI is InChI=1S/C18H14FN3O2/c1-11(23)20-17-10-13(7-8-14(17)19)21-18(24)16-9-6-12-4-2-3-5-15(12)22-16/h2-10H,1H3,(H,20,23)(H,21,24). The van der Waals surface area contributed by atoms with E-state index in [2.05, 4.69) is 15.6 Å². The Bertz CT molecular complexity index is 940. The Balaban J connectivity index is 1.84. The number of hydrogen-bond donors (Lipinski definition) is 2. The number of pyridine rings is 1. The molecule has 2 aromatic carbocycles. The van der Waals surface area contributed by atoms with Crippen molar-refractivity contribution >= 4 is 34.1 Å². The molecule has 0 aliphatic rings. The predicted molar refractivity (Wildman–Crippen MR) is 90.4 cm³/mol. The minimum Gasteiger partial charge on any atom is -0.324 e. The molecule has 6 heteroatoms. The minimum absolute atomic E-state index is 0.00627. The first kappa shape index (κ1) is 15.6. The van der Waals surface area contributed by atoms with Crippen LogP contribution in [0.4, 0.5) is 15.8 Å². The van der Waals surface area contributed by atoms with Crippen LogP contribution in [-0.4, -0.2) is 16.8 Å². The number of nitrogens with zero attached hydrogens (tertiary/aromatic N) is 1. The third-order valence-corrected chi connectivity index (χ3v) is 3.37. The molecule has 3 rings (SSSR count). The van der Waals surface area contributed by atoms with Crippen LogP contribution < -0.4 is 10.6 Å². The van der Waals surface area contributed by atoms with E-state index in [1.54, 1.807) is 6.07 Å². The van der Waals surface area contributed by atoms with Crippen molar-refractivity contribution in [2.45, 2.75) is 6.92 Å². The highest BCUT2D eigenvalue weighted by atomic mass is 19.1. The van der Waals surface area contributed by atoms with Gasteiger partial charge in [0.2, 0.25) is 5.91 Å². The van der Waals surface area contributed by atoms with Crippen molar-refractivity contribution in [1.82, 2.24) is 4.98 Å². The fourth-order valence-electron chi connectivity index (χ4n) is 2.28. The maximum Gasteiger partial charge on any atom is 0.274 e. The van der Waals surface area contributed by atoms with Crippen molar-refractivity contribution in [3.8, 4) is 0 Å². The number of halogens is 1. The van der Waals surface area contributed by atoms with E-state index < -0.39 is 17.6 Å². The SMILES string of the molecule is CC(=O)Nc1cc(NC(=O)c2ccc3ccccc3n2)ccc1F. The summed E-state index contributed by atoms with van der Waals surface area (Å²) in [6.45, 7) is 1.28. The topological polar surface area (TPSA) is 71.1 Å². The van der Waals surface area contributed by atoms with E-state index in [9.17, 15) is 14.0 Å². The van der Waals surface area contributed by atoms with Crippen molar-refractivity contribution < 1.29 is 14.0 Å². The Hall–Kier alpha value is -3.28. The monoisotopic (exact) mass is 323 g/mol. The summed E-state index contributed by atoms with van der Waals surface area (Å²) < 4.78 is 13.6. The predicted octanol–water partition coefficient (Wildman–Crippen LogP) is 3.58. The number of carbonyl (C=O) groups excluding carboxylic acids is 2. The summed E-state index contributed by atoms with van der Waals surface area (Å²) in [5.41, 5.74) is 1.33. The Kier molecular flexibility index (Phi) is 4.20. The van der Waals surface area contributed by atoms with Gasteiger partial charge in [0.1, 0.15) is 11.5 Å². The van der Waals surface area contributed by atoms with Gasteiger partial charge in [-0.25, -0.2) is 9.37 Å². The summed E-state index contributed by atoms with van der Waals surface area (Å²) in [5.74, 6) is -1.39. The van der Waals surface area contributed by atoms with Crippen molar-refractivity contribution in [3.05, 3.63) is 66.1 Å². The van der Waals surface area contributed by atoms with Crippen molar-refractivity contribution in [3.63, 3.8) is 0 Å². The fraction of sp³-hybridized carbons (Fsp3) is 0.0556. The van der Waals surface area contributed by atoms with Crippen molar-refractivity contribution in [2.75, 3.05) is 10.6 Å². The molecular weight excluding hydrogens is 309 g/mol. The molecule has 0 bridgehead atoms. The number of aromatic nitrogens is 1. The molecular formula is C18H14FN3O2. The van der Waals surface area contributed by atoms with Crippen LogP contribution in [0.1, 0.15) is 17.4 Å². The lowest BCUT2D eigenvalue weighted by atomic mass is 10.2. The minimum atomic E-state index is -0.577. The summed E-state index contributed by atoms with van der Waals surface area (Å²) in [6.07, 6.45) is 0. The number of para-hydroxylation sites is 1. The lowest BCUT2D eigenvalue weighted by Gasteiger charge is -2.09. The van der Waals surface area contributed by atoms with Gasteiger partial charge in [0.25, 0.3) is 5.91 Å². The normalized spacial score (nSPS) is 10.4. The first-order chi connectivity index (χ1) is 11.5. The van der Waals surface area contributed by atoms with Crippen molar-refractivity contribution in [2.24, 2.45) is 0 Å². The van der Waals surface area contributed by atoms with Crippen LogP contribution in [0, 0.1) is 5.82 Å². The molecule has 0 saturated heterocycles. The van der Waals surface area contributed by atoms with Gasteiger partial charge in [0, 0.05) is 18.0 Å². The Morgan fingerprint density at radius 2 is 1.79 bits per heavy atom. The number of nitrogens with one attached hydrogen (secondary N) is 2. The highest BCUT2D eigenvalue weighted by Gasteiger charge is 2.11. The van der Waals surface area contributed by atoms with Gasteiger partial charge in [-0.2, -0.15) is 0 Å². The molecule has 120 valence electrons. The first-order valence-corrected chi connectivity index (χ1v) is 7.27. The van der Waals surface area contributed by atoms with Crippen LogP contribution in [-0.2, 0) is 4.79 Å². The third-order valence-electron chi connectivity index (χ3n) is 3.37. The molecule has 24 heavy (non-hydrogen) atoms. The van der Waals surface area contributed by atoms with E-state index in [-0.39, 0.29) is 11.4 Å². The molecule has 1 heterocycles. The average Bonchev–Trinajstić information content (AvgIpc) is 2.57. The largest absolute Gasteiger partial charge is 0.324 e. The zero-order valence-electron chi connectivity index (χ0n) is 12.8. The number of amides is 2. The molecule has 0 atom stereocenters. The number of rotatable bonds is 3. The van der Waals surface area contributed by atoms with Crippen LogP contribution in [0.25, 0.3) is 10.9 Å². The van der Waals surface area contributed by atoms with E-state index >= 15 is 0 Å². The van der Waals surface area contributed by atoms with Crippen molar-refractivity contribution in [1.29, 1.82) is 0 Å². The summed E-state index contributed by atoms with van der Waals surface area (Å²) in [5, 5.41) is 5.95. The molecule has 2 N–H and O–H groups in total. The molecule has 0 aliphatic heterocycles. The molecule has 0 aliphatic carbocycles. The second-order valence-corrected chi connectivity index (χ2v) is 5.22. The van der Waals surface area contributed by atoms with Gasteiger partial charge in [-0.1, -0.05) is 24.3 Å². The number of hydrogen-bond acceptors (Lipinski definition) is 3. The molecule has 1 aromatic heterocycles. The second kappa shape index (κ2) is 6.45. The summed E-state index contributed by atoms with van der Waals surface area (Å²) in [6, 6.07) is 14.8. The molecule has 0 spiro atoms. The third kappa shape index (κ3) is 3.38. The molecule has 0 fully saturated rings. The van der Waals surface area contributed by atoms with Crippen LogP contribution in [0.2, 0.25) is 0 Å². The highest BCUT2D eigenvalue weighted by molar-refractivity contribution is 6.04. The first-order valence-electron chi connectivity index (χ1n) is 7.27. The van der Waals surface area contributed by atoms with E-state index in [0.29, 0.717) is 11.2 Å². The van der Waals surface area contributed by atoms with Gasteiger partial charge in [0.15, 0.2) is 0 Å². The van der Waals surface area contributed by atoms with Gasteiger partial charge >= 0.3 is 0 Å². The fourth-order valence-corrected chi connectivity index (χ4v) is 2.28. The van der Waals surface area contributed by atoms with Crippen LogP contribution in [0.15, 0.2) is 54.6 Å². The Morgan fingerprint density at radius 3 is 2.58 bits per heavy atom. The van der Waals surface area contributed by atoms with Gasteiger partial charge < -0.3 is 10.6 Å². The molecule has 0 saturated carbocycles. The average molecular weight is 323 g/mol. The number of anilines is 2. The second-order valence-electron chi connectivity index (χ2n) is 5.22. The van der Waals surface area contributed by atoms with E-state index in [1.165, 1.54) is 25.1 Å². The summed E-state index contributed by atoms with van der Waals surface area (Å²) in [4.78, 5) is 27.7. The number of carbonyl (C=O) groups is 2. The van der Waals surface area contributed by atoms with Gasteiger partial charge in [-0.3, -0.25) is 9.59 Å². The van der Waals surface area contributed by atoms with E-state index in [4.69, 9.17) is 0 Å². The van der Waals surface area contributed by atoms with Gasteiger partial charge in [0.05, 0.1) is 11.2 Å². The van der Waals surface area contributed by atoms with Gasteiger partial charge in [-0.05, 0) is 30.3 Å². The molecule has 5 nitrogen and oxygen atoms in total. The van der Waals surface area contributed by atoms with E-state index in [0.717, 1.165) is 5.39 Å². The van der Waals surface area contributed by atoms with Gasteiger partial charge in [-0.15, -0.1) is 0 Å². The molecule has 0 unspecified atom stereocenters. The Morgan fingerprint density at radius 1 is 1.00 bits per heavy atom. The number of benzene rings is 2. The zero-order valence-corrected chi connectivity index (χ0v) is 12.8. The van der Waals surface area contributed by atoms with Crippen LogP contribution in [0.3, 0.4) is 0 Å². The lowest BCUT2D eigenvalue weighted by molar-refractivity contribution is -0.114. The number of fused-ring (bicyclic) bond motifs is 1. The molecule has 2 amide bonds. The summed E-state index contributed by atoms with van der Waals surface area (Å²) >= 11 is 0. The Labute approximate surface area is 137 Å². The maximum absolute atomic E-state index is 13.6. The quantitative estimate of drug-likeness (QED) is 0.774. The maximum atomic E-state index is 13.6. The molecule has 0 radical (unpaired) electrons. The van der Waals surface area contributed by atoms with Crippen LogP contribution >= 0.6 is 0 Å². The molecule has 3 aromatic rings. The zero-order chi connectivity index (χ0) is 17.1. The highest BCUT2D eigenvalue weighted by Crippen LogP contribution is 2.20. The van der Waals surface area contributed by atoms with Crippen LogP contribution in [0.5, 0.6) is 0 Å². The lowest BCUT2D eigenvalue weighted by Crippen LogP contribution is -2.14.